The summed E-state index contributed by atoms with van der Waals surface area (Å²) in [5.74, 6) is 0.630. The maximum Gasteiger partial charge on any atom is 0.254 e. The average Bonchev–Trinajstić information content (AvgIpc) is 2.54. The van der Waals surface area contributed by atoms with E-state index < -0.39 is 5.54 Å². The Balaban J connectivity index is 2.50. The van der Waals surface area contributed by atoms with E-state index in [-0.39, 0.29) is 5.56 Å². The van der Waals surface area contributed by atoms with Crippen molar-refractivity contribution < 1.29 is 0 Å². The van der Waals surface area contributed by atoms with Crippen molar-refractivity contribution in [3.05, 3.63) is 27.4 Å². The molecule has 0 fully saturated rings. The van der Waals surface area contributed by atoms with Gasteiger partial charge in [0.15, 0.2) is 0 Å². The van der Waals surface area contributed by atoms with E-state index in [4.69, 9.17) is 5.73 Å². The highest BCUT2D eigenvalue weighted by atomic mass is 16.1. The molecule has 1 heterocycles. The van der Waals surface area contributed by atoms with Crippen LogP contribution in [0.2, 0.25) is 0 Å². The molecule has 1 atom stereocenters. The van der Waals surface area contributed by atoms with Crippen molar-refractivity contribution in [1.29, 1.82) is 0 Å². The number of fused-ring (bicyclic) bond motifs is 1. The minimum absolute atomic E-state index is 0.0111. The molecule has 0 saturated heterocycles. The molecule has 1 unspecified atom stereocenters. The molecular weight excluding hydrogens is 214 g/mol. The Kier molecular flexibility index (Phi) is 3.33. The third-order valence-corrected chi connectivity index (χ3v) is 3.72. The zero-order valence-corrected chi connectivity index (χ0v) is 10.7. The second-order valence-corrected chi connectivity index (χ2v) is 5.17. The van der Waals surface area contributed by atoms with E-state index in [2.05, 4.69) is 9.97 Å². The molecule has 0 bridgehead atoms. The van der Waals surface area contributed by atoms with E-state index in [1.807, 2.05) is 13.8 Å². The molecule has 0 aliphatic heterocycles. The molecule has 4 heteroatoms. The Morgan fingerprint density at radius 2 is 2.06 bits per heavy atom. The Bertz CT molecular complexity index is 462. The summed E-state index contributed by atoms with van der Waals surface area (Å²) < 4.78 is 0. The molecule has 3 N–H and O–H groups in total. The summed E-state index contributed by atoms with van der Waals surface area (Å²) in [7, 11) is 0. The Morgan fingerprint density at radius 1 is 1.35 bits per heavy atom. The van der Waals surface area contributed by atoms with Crippen LogP contribution in [-0.4, -0.2) is 9.97 Å². The van der Waals surface area contributed by atoms with Gasteiger partial charge < -0.3 is 10.7 Å². The average molecular weight is 235 g/mol. The molecule has 4 nitrogen and oxygen atoms in total. The van der Waals surface area contributed by atoms with Crippen molar-refractivity contribution in [2.24, 2.45) is 5.73 Å². The zero-order chi connectivity index (χ0) is 12.5. The molecule has 17 heavy (non-hydrogen) atoms. The third kappa shape index (κ3) is 2.41. The van der Waals surface area contributed by atoms with Crippen LogP contribution in [-0.2, 0) is 18.4 Å². The highest BCUT2D eigenvalue weighted by Crippen LogP contribution is 2.20. The fourth-order valence-corrected chi connectivity index (χ4v) is 2.22. The summed E-state index contributed by atoms with van der Waals surface area (Å²) in [5.41, 5.74) is 7.45. The van der Waals surface area contributed by atoms with Gasteiger partial charge in [0.1, 0.15) is 5.82 Å². The van der Waals surface area contributed by atoms with Gasteiger partial charge in [-0.2, -0.15) is 0 Å². The molecule has 0 saturated carbocycles. The number of H-pyrrole nitrogens is 1. The van der Waals surface area contributed by atoms with E-state index in [0.29, 0.717) is 5.82 Å². The number of nitrogens with two attached hydrogens (primary N) is 1. The summed E-state index contributed by atoms with van der Waals surface area (Å²) in [6, 6.07) is 0. The van der Waals surface area contributed by atoms with Gasteiger partial charge in [0.2, 0.25) is 0 Å². The van der Waals surface area contributed by atoms with Gasteiger partial charge in [0.25, 0.3) is 5.56 Å². The fraction of sp³-hybridized carbons (Fsp3) is 0.692. The van der Waals surface area contributed by atoms with Crippen molar-refractivity contribution in [3.8, 4) is 0 Å². The summed E-state index contributed by atoms with van der Waals surface area (Å²) >= 11 is 0. The second kappa shape index (κ2) is 4.61. The van der Waals surface area contributed by atoms with Crippen molar-refractivity contribution in [2.45, 2.75) is 57.9 Å². The topological polar surface area (TPSA) is 71.8 Å². The van der Waals surface area contributed by atoms with Crippen LogP contribution < -0.4 is 11.3 Å². The normalized spacial score (nSPS) is 19.2. The number of aryl methyl sites for hydroxylation is 1. The van der Waals surface area contributed by atoms with E-state index in [1.165, 1.54) is 6.42 Å². The van der Waals surface area contributed by atoms with Crippen molar-refractivity contribution in [1.82, 2.24) is 9.97 Å². The number of hydrogen-bond acceptors (Lipinski definition) is 3. The van der Waals surface area contributed by atoms with Crippen LogP contribution in [0.25, 0.3) is 0 Å². The lowest BCUT2D eigenvalue weighted by molar-refractivity contribution is 0.441. The van der Waals surface area contributed by atoms with E-state index in [9.17, 15) is 4.79 Å². The first kappa shape index (κ1) is 12.3. The Hall–Kier alpha value is -1.16. The summed E-state index contributed by atoms with van der Waals surface area (Å²) in [4.78, 5) is 19.5. The number of aromatic nitrogens is 2. The summed E-state index contributed by atoms with van der Waals surface area (Å²) in [6.07, 6.45) is 5.91. The lowest BCUT2D eigenvalue weighted by Crippen LogP contribution is -2.37. The SMILES string of the molecule is CCC(C)(N)c1nc2c(c(=O)[nH]1)CCCCC2. The smallest absolute Gasteiger partial charge is 0.254 e. The van der Waals surface area contributed by atoms with Crippen molar-refractivity contribution in [2.75, 3.05) is 0 Å². The van der Waals surface area contributed by atoms with Crippen molar-refractivity contribution >= 4 is 0 Å². The zero-order valence-electron chi connectivity index (χ0n) is 10.7. The van der Waals surface area contributed by atoms with E-state index >= 15 is 0 Å². The van der Waals surface area contributed by atoms with Crippen LogP contribution >= 0.6 is 0 Å². The molecule has 0 radical (unpaired) electrons. The van der Waals surface area contributed by atoms with Gasteiger partial charge in [0.05, 0.1) is 11.2 Å². The van der Waals surface area contributed by atoms with Crippen LogP contribution in [0.3, 0.4) is 0 Å². The first-order valence-corrected chi connectivity index (χ1v) is 6.46. The standard InChI is InChI=1S/C13H21N3O/c1-3-13(2,14)12-15-10-8-6-4-5-7-9(10)11(17)16-12/h3-8,14H2,1-2H3,(H,15,16,17). The second-order valence-electron chi connectivity index (χ2n) is 5.17. The van der Waals surface area contributed by atoms with E-state index in [0.717, 1.165) is 43.4 Å². The highest BCUT2D eigenvalue weighted by Gasteiger charge is 2.24. The van der Waals surface area contributed by atoms with E-state index in [1.54, 1.807) is 0 Å². The summed E-state index contributed by atoms with van der Waals surface area (Å²) in [5, 5.41) is 0. The molecule has 0 aromatic carbocycles. The molecule has 1 aromatic heterocycles. The number of aromatic amines is 1. The van der Waals surface area contributed by atoms with Crippen LogP contribution in [0.15, 0.2) is 4.79 Å². The van der Waals surface area contributed by atoms with Crippen LogP contribution in [0.1, 0.15) is 56.6 Å². The number of rotatable bonds is 2. The van der Waals surface area contributed by atoms with Crippen LogP contribution in [0.4, 0.5) is 0 Å². The predicted molar refractivity (Wildman–Crippen MR) is 67.9 cm³/mol. The van der Waals surface area contributed by atoms with Gasteiger partial charge in [-0.05, 0) is 39.0 Å². The first-order chi connectivity index (χ1) is 8.04. The van der Waals surface area contributed by atoms with Gasteiger partial charge in [0, 0.05) is 5.56 Å². The molecule has 0 spiro atoms. The van der Waals surface area contributed by atoms with Gasteiger partial charge in [-0.3, -0.25) is 4.79 Å². The fourth-order valence-electron chi connectivity index (χ4n) is 2.22. The Labute approximate surface area is 102 Å². The lowest BCUT2D eigenvalue weighted by Gasteiger charge is -2.22. The molecule has 1 aliphatic rings. The largest absolute Gasteiger partial charge is 0.319 e. The molecule has 0 amide bonds. The minimum atomic E-state index is -0.541. The quantitative estimate of drug-likeness (QED) is 0.765. The van der Waals surface area contributed by atoms with Gasteiger partial charge in [-0.25, -0.2) is 4.98 Å². The molecule has 2 rings (SSSR count). The van der Waals surface area contributed by atoms with Crippen LogP contribution in [0, 0.1) is 0 Å². The molecule has 1 aliphatic carbocycles. The highest BCUT2D eigenvalue weighted by molar-refractivity contribution is 5.21. The first-order valence-electron chi connectivity index (χ1n) is 6.46. The summed E-state index contributed by atoms with van der Waals surface area (Å²) in [6.45, 7) is 3.92. The maximum atomic E-state index is 12.0. The van der Waals surface area contributed by atoms with Gasteiger partial charge in [-0.15, -0.1) is 0 Å². The number of hydrogen-bond donors (Lipinski definition) is 2. The van der Waals surface area contributed by atoms with Gasteiger partial charge >= 0.3 is 0 Å². The lowest BCUT2D eigenvalue weighted by atomic mass is 9.99. The van der Waals surface area contributed by atoms with Crippen molar-refractivity contribution in [3.63, 3.8) is 0 Å². The van der Waals surface area contributed by atoms with Gasteiger partial charge in [-0.1, -0.05) is 13.3 Å². The Morgan fingerprint density at radius 3 is 2.76 bits per heavy atom. The monoisotopic (exact) mass is 235 g/mol. The predicted octanol–water partition coefficient (Wildman–Crippen LogP) is 1.62. The van der Waals surface area contributed by atoms with Crippen LogP contribution in [0.5, 0.6) is 0 Å². The minimum Gasteiger partial charge on any atom is -0.319 e. The molecular formula is C13H21N3O. The third-order valence-electron chi connectivity index (χ3n) is 3.72. The maximum absolute atomic E-state index is 12.0. The number of nitrogens with one attached hydrogen (secondary N) is 1. The molecule has 1 aromatic rings. The molecule has 94 valence electrons. The number of nitrogens with zero attached hydrogens (tertiary/aromatic N) is 1.